The minimum absolute atomic E-state index is 0. The smallest absolute Gasteiger partial charge is 0.191 e. The lowest BCUT2D eigenvalue weighted by atomic mass is 10.2. The van der Waals surface area contributed by atoms with E-state index in [4.69, 9.17) is 0 Å². The van der Waals surface area contributed by atoms with Crippen LogP contribution in [0.15, 0.2) is 35.3 Å². The third kappa shape index (κ3) is 7.23. The van der Waals surface area contributed by atoms with Crippen LogP contribution in [-0.2, 0) is 16.4 Å². The van der Waals surface area contributed by atoms with Gasteiger partial charge in [-0.25, -0.2) is 8.42 Å². The van der Waals surface area contributed by atoms with Gasteiger partial charge in [0, 0.05) is 39.0 Å². The zero-order chi connectivity index (χ0) is 19.2. The van der Waals surface area contributed by atoms with Crippen molar-refractivity contribution in [3.05, 3.63) is 35.9 Å². The average molecular weight is 508 g/mol. The van der Waals surface area contributed by atoms with Gasteiger partial charge in [-0.2, -0.15) is 0 Å². The Kier molecular flexibility index (Phi) is 9.50. The minimum Gasteiger partial charge on any atom is -0.355 e. The van der Waals surface area contributed by atoms with E-state index in [2.05, 4.69) is 44.8 Å². The maximum Gasteiger partial charge on any atom is 0.191 e. The van der Waals surface area contributed by atoms with Crippen LogP contribution in [0.4, 0.5) is 0 Å². The van der Waals surface area contributed by atoms with Crippen molar-refractivity contribution in [2.45, 2.75) is 44.0 Å². The third-order valence-electron chi connectivity index (χ3n) is 5.14. The molecule has 1 aromatic rings. The molecule has 6 nitrogen and oxygen atoms in total. The fourth-order valence-corrected chi connectivity index (χ4v) is 3.35. The largest absolute Gasteiger partial charge is 0.355 e. The summed E-state index contributed by atoms with van der Waals surface area (Å²) >= 11 is 0. The van der Waals surface area contributed by atoms with E-state index in [1.807, 2.05) is 6.07 Å². The lowest BCUT2D eigenvalue weighted by Crippen LogP contribution is -2.50. The van der Waals surface area contributed by atoms with E-state index in [0.29, 0.717) is 18.5 Å². The van der Waals surface area contributed by atoms with E-state index in [0.717, 1.165) is 26.1 Å². The fourth-order valence-electron chi connectivity index (χ4n) is 3.02. The molecule has 1 atom stereocenters. The van der Waals surface area contributed by atoms with Crippen LogP contribution >= 0.6 is 24.0 Å². The van der Waals surface area contributed by atoms with Gasteiger partial charge in [0.1, 0.15) is 0 Å². The van der Waals surface area contributed by atoms with Crippen LogP contribution in [0.2, 0.25) is 0 Å². The van der Waals surface area contributed by atoms with Crippen molar-refractivity contribution < 1.29 is 8.42 Å². The highest BCUT2D eigenvalue weighted by Gasteiger charge is 2.30. The normalized spacial score (nSPS) is 18.8. The fraction of sp³-hybridized carbons (Fsp3) is 0.632. The van der Waals surface area contributed by atoms with Crippen LogP contribution in [0.3, 0.4) is 0 Å². The molecular weight excluding hydrogens is 475 g/mol. The molecule has 1 aliphatic heterocycles. The van der Waals surface area contributed by atoms with E-state index in [1.165, 1.54) is 18.2 Å². The molecule has 27 heavy (non-hydrogen) atoms. The van der Waals surface area contributed by atoms with Gasteiger partial charge in [-0.15, -0.1) is 24.0 Å². The number of benzene rings is 1. The Bertz CT molecular complexity index is 708. The summed E-state index contributed by atoms with van der Waals surface area (Å²) in [6.07, 6.45) is 3.63. The first kappa shape index (κ1) is 24.2. The van der Waals surface area contributed by atoms with Crippen molar-refractivity contribution in [2.75, 3.05) is 32.9 Å². The molecule has 1 heterocycles. The molecule has 1 unspecified atom stereocenters. The number of halogens is 1. The highest BCUT2D eigenvalue weighted by atomic mass is 127. The number of sulfone groups is 1. The van der Waals surface area contributed by atoms with Crippen LogP contribution in [0.5, 0.6) is 0 Å². The highest BCUT2D eigenvalue weighted by Crippen LogP contribution is 2.19. The molecule has 1 aliphatic rings. The Morgan fingerprint density at radius 3 is 2.52 bits per heavy atom. The number of nitrogens with zero attached hydrogens (tertiary/aromatic N) is 2. The van der Waals surface area contributed by atoms with Gasteiger partial charge in [0.15, 0.2) is 15.8 Å². The number of aliphatic imine (C=N–C) groups is 1. The first-order valence-electron chi connectivity index (χ1n) is 9.15. The van der Waals surface area contributed by atoms with E-state index in [9.17, 15) is 8.42 Å². The van der Waals surface area contributed by atoms with Crippen LogP contribution in [0.1, 0.15) is 32.3 Å². The van der Waals surface area contributed by atoms with Crippen molar-refractivity contribution >= 4 is 39.8 Å². The minimum atomic E-state index is -3.13. The molecule has 1 saturated heterocycles. The average Bonchev–Trinajstić information content (AvgIpc) is 3.02. The Balaban J connectivity index is 0.00000364. The van der Waals surface area contributed by atoms with Crippen LogP contribution in [0.25, 0.3) is 0 Å². The quantitative estimate of drug-likeness (QED) is 0.336. The second kappa shape index (κ2) is 10.6. The zero-order valence-electron chi connectivity index (χ0n) is 16.7. The predicted molar refractivity (Wildman–Crippen MR) is 124 cm³/mol. The van der Waals surface area contributed by atoms with Crippen LogP contribution in [-0.4, -0.2) is 63.0 Å². The standard InChI is InChI=1S/C19H32N4O2S.HI/c1-19(2,26(4,24)25)15-22-18(20-3)21-13-17-11-8-12-23(17)14-16-9-6-5-7-10-16;/h5-7,9-10,17H,8,11-15H2,1-4H3,(H2,20,21,22);1H. The predicted octanol–water partition coefficient (Wildman–Crippen LogP) is 2.26. The zero-order valence-corrected chi connectivity index (χ0v) is 19.9. The van der Waals surface area contributed by atoms with Crippen molar-refractivity contribution in [2.24, 2.45) is 4.99 Å². The summed E-state index contributed by atoms with van der Waals surface area (Å²) in [6, 6.07) is 11.0. The lowest BCUT2D eigenvalue weighted by molar-refractivity contribution is 0.245. The molecule has 0 spiro atoms. The molecule has 0 bridgehead atoms. The van der Waals surface area contributed by atoms with Gasteiger partial charge in [0.05, 0.1) is 4.75 Å². The van der Waals surface area contributed by atoms with Gasteiger partial charge in [-0.1, -0.05) is 30.3 Å². The monoisotopic (exact) mass is 508 g/mol. The molecule has 0 saturated carbocycles. The lowest BCUT2D eigenvalue weighted by Gasteiger charge is -2.27. The summed E-state index contributed by atoms with van der Waals surface area (Å²) in [6.45, 7) is 6.63. The number of nitrogens with one attached hydrogen (secondary N) is 2. The molecule has 2 rings (SSSR count). The Labute approximate surface area is 181 Å². The Morgan fingerprint density at radius 1 is 1.26 bits per heavy atom. The molecule has 0 aromatic heterocycles. The second-order valence-electron chi connectivity index (χ2n) is 7.59. The van der Waals surface area contributed by atoms with E-state index in [-0.39, 0.29) is 24.0 Å². The molecule has 1 fully saturated rings. The molecular formula is C19H33IN4O2S. The van der Waals surface area contributed by atoms with Gasteiger partial charge in [-0.3, -0.25) is 9.89 Å². The molecule has 0 radical (unpaired) electrons. The van der Waals surface area contributed by atoms with E-state index in [1.54, 1.807) is 20.9 Å². The molecule has 2 N–H and O–H groups in total. The number of hydrogen-bond acceptors (Lipinski definition) is 4. The molecule has 8 heteroatoms. The number of rotatable bonds is 7. The third-order valence-corrected chi connectivity index (χ3v) is 7.29. The highest BCUT2D eigenvalue weighted by molar-refractivity contribution is 14.0. The summed E-state index contributed by atoms with van der Waals surface area (Å²) in [5, 5.41) is 6.50. The summed E-state index contributed by atoms with van der Waals surface area (Å²) < 4.78 is 22.8. The molecule has 1 aromatic carbocycles. The first-order chi connectivity index (χ1) is 12.2. The van der Waals surface area contributed by atoms with Gasteiger partial charge < -0.3 is 10.6 Å². The Hall–Kier alpha value is -0.870. The summed E-state index contributed by atoms with van der Waals surface area (Å²) in [7, 11) is -1.43. The molecule has 0 amide bonds. The van der Waals surface area contributed by atoms with E-state index < -0.39 is 14.6 Å². The van der Waals surface area contributed by atoms with Crippen LogP contribution < -0.4 is 10.6 Å². The molecule has 0 aliphatic carbocycles. The van der Waals surface area contributed by atoms with Gasteiger partial charge in [0.2, 0.25) is 0 Å². The van der Waals surface area contributed by atoms with Gasteiger partial charge in [0.25, 0.3) is 0 Å². The van der Waals surface area contributed by atoms with Gasteiger partial charge in [-0.05, 0) is 38.8 Å². The van der Waals surface area contributed by atoms with Crippen LogP contribution in [0, 0.1) is 0 Å². The van der Waals surface area contributed by atoms with Crippen molar-refractivity contribution in [3.63, 3.8) is 0 Å². The summed E-state index contributed by atoms with van der Waals surface area (Å²) in [5.41, 5.74) is 1.33. The summed E-state index contributed by atoms with van der Waals surface area (Å²) in [4.78, 5) is 6.72. The van der Waals surface area contributed by atoms with Crippen molar-refractivity contribution in [3.8, 4) is 0 Å². The molecule has 154 valence electrons. The van der Waals surface area contributed by atoms with E-state index >= 15 is 0 Å². The maximum atomic E-state index is 11.8. The second-order valence-corrected chi connectivity index (χ2v) is 10.2. The first-order valence-corrected chi connectivity index (χ1v) is 11.0. The van der Waals surface area contributed by atoms with Crippen molar-refractivity contribution in [1.82, 2.24) is 15.5 Å². The number of hydrogen-bond donors (Lipinski definition) is 2. The number of guanidine groups is 1. The number of likely N-dealkylation sites (tertiary alicyclic amines) is 1. The SMILES string of the molecule is CN=C(NCC1CCCN1Cc1ccccc1)NCC(C)(C)S(C)(=O)=O.I. The summed E-state index contributed by atoms with van der Waals surface area (Å²) in [5.74, 6) is 0.647. The van der Waals surface area contributed by atoms with Gasteiger partial charge >= 0.3 is 0 Å². The Morgan fingerprint density at radius 2 is 1.93 bits per heavy atom. The van der Waals surface area contributed by atoms with Crippen molar-refractivity contribution in [1.29, 1.82) is 0 Å². The topological polar surface area (TPSA) is 73.8 Å². The maximum absolute atomic E-state index is 11.8.